The quantitative estimate of drug-likeness (QED) is 0.924. The summed E-state index contributed by atoms with van der Waals surface area (Å²) in [6.45, 7) is 9.41. The average molecular weight is 288 g/mol. The van der Waals surface area contributed by atoms with Crippen molar-refractivity contribution in [1.29, 1.82) is 0 Å². The van der Waals surface area contributed by atoms with E-state index >= 15 is 0 Å². The normalized spacial score (nSPS) is 11.5. The lowest BCUT2D eigenvalue weighted by Gasteiger charge is -2.21. The molecule has 21 heavy (non-hydrogen) atoms. The molecule has 114 valence electrons. The molecule has 1 heterocycles. The van der Waals surface area contributed by atoms with Crippen molar-refractivity contribution in [2.75, 3.05) is 26.1 Å². The molecular weight excluding hydrogens is 264 g/mol. The van der Waals surface area contributed by atoms with E-state index in [0.29, 0.717) is 0 Å². The van der Waals surface area contributed by atoms with E-state index in [4.69, 9.17) is 14.5 Å². The highest BCUT2D eigenvalue weighted by Gasteiger charge is 2.20. The minimum absolute atomic E-state index is 0.0192. The van der Waals surface area contributed by atoms with Crippen LogP contribution in [-0.4, -0.2) is 25.7 Å². The summed E-state index contributed by atoms with van der Waals surface area (Å²) in [5.41, 5.74) is 2.96. The number of nitrogens with zero attached hydrogens (tertiary/aromatic N) is 1. The van der Waals surface area contributed by atoms with Crippen LogP contribution in [0.15, 0.2) is 18.2 Å². The highest BCUT2D eigenvalue weighted by Crippen LogP contribution is 2.37. The Hall–Kier alpha value is -1.97. The van der Waals surface area contributed by atoms with Crippen LogP contribution in [0, 0.1) is 0 Å². The second-order valence-corrected chi connectivity index (χ2v) is 6.06. The van der Waals surface area contributed by atoms with Crippen molar-refractivity contribution in [3.8, 4) is 11.5 Å². The minimum Gasteiger partial charge on any atom is -0.497 e. The van der Waals surface area contributed by atoms with E-state index in [0.717, 1.165) is 40.3 Å². The number of pyridine rings is 1. The molecule has 0 bridgehead atoms. The van der Waals surface area contributed by atoms with Crippen LogP contribution >= 0.6 is 0 Å². The molecule has 0 saturated heterocycles. The first-order chi connectivity index (χ1) is 9.90. The Balaban J connectivity index is 2.81. The molecule has 0 aliphatic carbocycles. The van der Waals surface area contributed by atoms with E-state index in [-0.39, 0.29) is 5.41 Å². The van der Waals surface area contributed by atoms with Gasteiger partial charge in [0.15, 0.2) is 0 Å². The molecule has 0 spiro atoms. The van der Waals surface area contributed by atoms with Gasteiger partial charge in [0.1, 0.15) is 11.5 Å². The molecule has 0 amide bonds. The molecule has 4 heteroatoms. The fraction of sp³-hybridized carbons (Fsp3) is 0.471. The highest BCUT2D eigenvalue weighted by molar-refractivity contribution is 5.97. The van der Waals surface area contributed by atoms with Crippen molar-refractivity contribution in [3.63, 3.8) is 0 Å². The fourth-order valence-electron chi connectivity index (χ4n) is 2.30. The van der Waals surface area contributed by atoms with Crippen LogP contribution in [0.3, 0.4) is 0 Å². The molecular formula is C17H24N2O2. The molecule has 0 atom stereocenters. The lowest BCUT2D eigenvalue weighted by molar-refractivity contribution is 0.398. The van der Waals surface area contributed by atoms with Crippen LogP contribution in [0.25, 0.3) is 10.9 Å². The summed E-state index contributed by atoms with van der Waals surface area (Å²) in [5, 5.41) is 4.41. The maximum absolute atomic E-state index is 5.52. The zero-order chi connectivity index (χ0) is 15.6. The lowest BCUT2D eigenvalue weighted by atomic mass is 9.90. The van der Waals surface area contributed by atoms with E-state index in [9.17, 15) is 0 Å². The molecule has 4 nitrogen and oxygen atoms in total. The summed E-state index contributed by atoms with van der Waals surface area (Å²) >= 11 is 0. The number of hydrogen-bond acceptors (Lipinski definition) is 4. The summed E-state index contributed by atoms with van der Waals surface area (Å²) < 4.78 is 10.9. The number of rotatable bonds is 4. The van der Waals surface area contributed by atoms with Gasteiger partial charge >= 0.3 is 0 Å². The fourth-order valence-corrected chi connectivity index (χ4v) is 2.30. The summed E-state index contributed by atoms with van der Waals surface area (Å²) in [4.78, 5) is 4.81. The molecule has 1 aromatic carbocycles. The summed E-state index contributed by atoms with van der Waals surface area (Å²) in [5.74, 6) is 1.52. The Morgan fingerprint density at radius 2 is 1.81 bits per heavy atom. The molecule has 2 aromatic rings. The molecule has 2 rings (SSSR count). The third kappa shape index (κ3) is 3.04. The van der Waals surface area contributed by atoms with Crippen molar-refractivity contribution in [2.45, 2.75) is 33.1 Å². The van der Waals surface area contributed by atoms with Gasteiger partial charge in [-0.05, 0) is 13.0 Å². The first-order valence-corrected chi connectivity index (χ1v) is 7.21. The maximum Gasteiger partial charge on any atom is 0.134 e. The van der Waals surface area contributed by atoms with Gasteiger partial charge in [0, 0.05) is 35.5 Å². The van der Waals surface area contributed by atoms with Crippen LogP contribution in [0.4, 0.5) is 5.69 Å². The molecule has 0 radical (unpaired) electrons. The van der Waals surface area contributed by atoms with Crippen LogP contribution in [0.2, 0.25) is 0 Å². The number of fused-ring (bicyclic) bond motifs is 1. The number of benzene rings is 1. The van der Waals surface area contributed by atoms with Gasteiger partial charge in [-0.3, -0.25) is 4.98 Å². The van der Waals surface area contributed by atoms with Gasteiger partial charge in [0.2, 0.25) is 0 Å². The second kappa shape index (κ2) is 5.80. The van der Waals surface area contributed by atoms with Crippen LogP contribution in [0.1, 0.15) is 33.4 Å². The van der Waals surface area contributed by atoms with Gasteiger partial charge in [-0.2, -0.15) is 0 Å². The smallest absolute Gasteiger partial charge is 0.134 e. The van der Waals surface area contributed by atoms with Crippen molar-refractivity contribution >= 4 is 16.6 Å². The molecule has 0 fully saturated rings. The highest BCUT2D eigenvalue weighted by atomic mass is 16.5. The average Bonchev–Trinajstić information content (AvgIpc) is 2.44. The first kappa shape index (κ1) is 15.4. The van der Waals surface area contributed by atoms with Crippen LogP contribution in [-0.2, 0) is 5.41 Å². The molecule has 0 aliphatic heterocycles. The SMILES string of the molecule is CCNc1cc(C(C)(C)C)nc2cc(OC)cc(OC)c12. The van der Waals surface area contributed by atoms with Gasteiger partial charge in [-0.1, -0.05) is 20.8 Å². The van der Waals surface area contributed by atoms with Crippen molar-refractivity contribution < 1.29 is 9.47 Å². The number of hydrogen-bond donors (Lipinski definition) is 1. The number of aromatic nitrogens is 1. The Morgan fingerprint density at radius 1 is 1.10 bits per heavy atom. The largest absolute Gasteiger partial charge is 0.497 e. The monoisotopic (exact) mass is 288 g/mol. The predicted molar refractivity (Wildman–Crippen MR) is 87.7 cm³/mol. The predicted octanol–water partition coefficient (Wildman–Crippen LogP) is 3.98. The molecule has 0 aliphatic rings. The maximum atomic E-state index is 5.52. The first-order valence-electron chi connectivity index (χ1n) is 7.21. The molecule has 1 N–H and O–H groups in total. The Bertz CT molecular complexity index is 645. The topological polar surface area (TPSA) is 43.4 Å². The van der Waals surface area contributed by atoms with Crippen molar-refractivity contribution in [3.05, 3.63) is 23.9 Å². The Labute approximate surface area is 126 Å². The van der Waals surface area contributed by atoms with E-state index in [1.807, 2.05) is 12.1 Å². The van der Waals surface area contributed by atoms with E-state index in [1.54, 1.807) is 14.2 Å². The number of methoxy groups -OCH3 is 2. The van der Waals surface area contributed by atoms with Gasteiger partial charge < -0.3 is 14.8 Å². The van der Waals surface area contributed by atoms with Gasteiger partial charge in [0.05, 0.1) is 25.1 Å². The summed E-state index contributed by atoms with van der Waals surface area (Å²) in [6.07, 6.45) is 0. The molecule has 1 aromatic heterocycles. The third-order valence-corrected chi connectivity index (χ3v) is 3.44. The number of ether oxygens (including phenoxy) is 2. The zero-order valence-electron chi connectivity index (χ0n) is 13.7. The van der Waals surface area contributed by atoms with Crippen molar-refractivity contribution in [1.82, 2.24) is 4.98 Å². The lowest BCUT2D eigenvalue weighted by Crippen LogP contribution is -2.14. The Morgan fingerprint density at radius 3 is 2.33 bits per heavy atom. The number of anilines is 1. The number of nitrogens with one attached hydrogen (secondary N) is 1. The molecule has 0 unspecified atom stereocenters. The summed E-state index contributed by atoms with van der Waals surface area (Å²) in [7, 11) is 3.32. The Kier molecular flexibility index (Phi) is 4.26. The van der Waals surface area contributed by atoms with E-state index in [2.05, 4.69) is 39.1 Å². The second-order valence-electron chi connectivity index (χ2n) is 6.06. The van der Waals surface area contributed by atoms with Crippen LogP contribution in [0.5, 0.6) is 11.5 Å². The van der Waals surface area contributed by atoms with Crippen LogP contribution < -0.4 is 14.8 Å². The zero-order valence-corrected chi connectivity index (χ0v) is 13.7. The molecule has 0 saturated carbocycles. The van der Waals surface area contributed by atoms with Gasteiger partial charge in [-0.15, -0.1) is 0 Å². The van der Waals surface area contributed by atoms with E-state index in [1.165, 1.54) is 0 Å². The third-order valence-electron chi connectivity index (χ3n) is 3.44. The minimum atomic E-state index is -0.0192. The van der Waals surface area contributed by atoms with Gasteiger partial charge in [0.25, 0.3) is 0 Å². The standard InChI is InChI=1S/C17H24N2O2/c1-7-18-12-10-15(17(2,3)4)19-13-8-11(20-5)9-14(21-6)16(12)13/h8-10H,7H2,1-6H3,(H,18,19). The summed E-state index contributed by atoms with van der Waals surface area (Å²) in [6, 6.07) is 5.95. The van der Waals surface area contributed by atoms with Crippen molar-refractivity contribution in [2.24, 2.45) is 0 Å². The van der Waals surface area contributed by atoms with E-state index < -0.39 is 0 Å². The van der Waals surface area contributed by atoms with Gasteiger partial charge in [-0.25, -0.2) is 0 Å².